The maximum Gasteiger partial charge on any atom is 0.244 e. The lowest BCUT2D eigenvalue weighted by atomic mass is 10.1. The molecule has 0 saturated carbocycles. The second kappa shape index (κ2) is 6.95. The standard InChI is InChI=1S/C15H22N2O2/c1-4-19-15(2,3)11-17-14(18)10-7-12-5-8-13(16)9-6-12/h5-10H,4,11,16H2,1-3H3,(H,17,18)/b10-7+. The van der Waals surface area contributed by atoms with Gasteiger partial charge in [0.1, 0.15) is 0 Å². The molecule has 19 heavy (non-hydrogen) atoms. The van der Waals surface area contributed by atoms with Gasteiger partial charge in [-0.3, -0.25) is 4.79 Å². The minimum atomic E-state index is -0.348. The summed E-state index contributed by atoms with van der Waals surface area (Å²) in [4.78, 5) is 11.7. The average molecular weight is 262 g/mol. The highest BCUT2D eigenvalue weighted by Crippen LogP contribution is 2.08. The Morgan fingerprint density at radius 1 is 1.37 bits per heavy atom. The van der Waals surface area contributed by atoms with E-state index < -0.39 is 0 Å². The number of rotatable bonds is 6. The van der Waals surface area contributed by atoms with Crippen LogP contribution in [-0.4, -0.2) is 24.7 Å². The number of anilines is 1. The lowest BCUT2D eigenvalue weighted by Crippen LogP contribution is -2.39. The van der Waals surface area contributed by atoms with Gasteiger partial charge in [0.2, 0.25) is 5.91 Å². The minimum Gasteiger partial charge on any atom is -0.399 e. The maximum atomic E-state index is 11.7. The van der Waals surface area contributed by atoms with Crippen molar-refractivity contribution < 1.29 is 9.53 Å². The van der Waals surface area contributed by atoms with Crippen molar-refractivity contribution in [1.82, 2.24) is 5.32 Å². The predicted octanol–water partition coefficient (Wildman–Crippen LogP) is 2.21. The van der Waals surface area contributed by atoms with Gasteiger partial charge >= 0.3 is 0 Å². The van der Waals surface area contributed by atoms with Crippen molar-refractivity contribution in [3.05, 3.63) is 35.9 Å². The highest BCUT2D eigenvalue weighted by Gasteiger charge is 2.17. The average Bonchev–Trinajstić information content (AvgIpc) is 2.36. The Balaban J connectivity index is 2.45. The second-order valence-corrected chi connectivity index (χ2v) is 4.91. The molecule has 104 valence electrons. The van der Waals surface area contributed by atoms with Crippen LogP contribution in [0.15, 0.2) is 30.3 Å². The summed E-state index contributed by atoms with van der Waals surface area (Å²) in [5.74, 6) is -0.135. The van der Waals surface area contributed by atoms with Crippen LogP contribution in [0.2, 0.25) is 0 Å². The Morgan fingerprint density at radius 2 is 2.00 bits per heavy atom. The van der Waals surface area contributed by atoms with E-state index in [9.17, 15) is 4.79 Å². The fourth-order valence-corrected chi connectivity index (χ4v) is 1.58. The SMILES string of the molecule is CCOC(C)(C)CNC(=O)/C=C/c1ccc(N)cc1. The van der Waals surface area contributed by atoms with Crippen LogP contribution in [0.25, 0.3) is 6.08 Å². The molecule has 0 unspecified atom stereocenters. The van der Waals surface area contributed by atoms with Crippen molar-refractivity contribution in [2.75, 3.05) is 18.9 Å². The van der Waals surface area contributed by atoms with Gasteiger partial charge < -0.3 is 15.8 Å². The highest BCUT2D eigenvalue weighted by molar-refractivity contribution is 5.91. The van der Waals surface area contributed by atoms with Gasteiger partial charge in [-0.25, -0.2) is 0 Å². The molecule has 0 heterocycles. The molecular formula is C15H22N2O2. The van der Waals surface area contributed by atoms with Gasteiger partial charge in [0, 0.05) is 24.9 Å². The van der Waals surface area contributed by atoms with Gasteiger partial charge in [-0.15, -0.1) is 0 Å². The molecule has 0 aromatic heterocycles. The Labute approximate surface area is 114 Å². The molecule has 0 aliphatic rings. The van der Waals surface area contributed by atoms with E-state index in [0.717, 1.165) is 5.56 Å². The molecule has 0 aliphatic carbocycles. The fourth-order valence-electron chi connectivity index (χ4n) is 1.58. The molecule has 1 aromatic carbocycles. The van der Waals surface area contributed by atoms with Crippen molar-refractivity contribution >= 4 is 17.7 Å². The smallest absolute Gasteiger partial charge is 0.244 e. The summed E-state index contributed by atoms with van der Waals surface area (Å²) in [5.41, 5.74) is 6.89. The van der Waals surface area contributed by atoms with Gasteiger partial charge in [0.25, 0.3) is 0 Å². The second-order valence-electron chi connectivity index (χ2n) is 4.91. The molecule has 0 radical (unpaired) electrons. The van der Waals surface area contributed by atoms with Crippen molar-refractivity contribution in [3.8, 4) is 0 Å². The summed E-state index contributed by atoms with van der Waals surface area (Å²) >= 11 is 0. The number of nitrogens with one attached hydrogen (secondary N) is 1. The molecule has 1 aromatic rings. The zero-order chi connectivity index (χ0) is 14.3. The topological polar surface area (TPSA) is 64.3 Å². The van der Waals surface area contributed by atoms with Crippen molar-refractivity contribution in [2.24, 2.45) is 0 Å². The minimum absolute atomic E-state index is 0.135. The third kappa shape index (κ3) is 6.06. The van der Waals surface area contributed by atoms with E-state index in [1.807, 2.05) is 32.9 Å². The molecule has 0 spiro atoms. The molecular weight excluding hydrogens is 240 g/mol. The summed E-state index contributed by atoms with van der Waals surface area (Å²) in [6.45, 7) is 6.93. The normalized spacial score (nSPS) is 11.7. The first-order valence-corrected chi connectivity index (χ1v) is 6.38. The zero-order valence-electron chi connectivity index (χ0n) is 11.8. The molecule has 1 rings (SSSR count). The molecule has 0 aliphatic heterocycles. The van der Waals surface area contributed by atoms with Gasteiger partial charge in [-0.1, -0.05) is 12.1 Å². The Kier molecular flexibility index (Phi) is 5.57. The lowest BCUT2D eigenvalue weighted by Gasteiger charge is -2.24. The largest absolute Gasteiger partial charge is 0.399 e. The molecule has 3 N–H and O–H groups in total. The number of hydrogen-bond acceptors (Lipinski definition) is 3. The summed E-state index contributed by atoms with van der Waals surface area (Å²) in [5, 5.41) is 2.81. The van der Waals surface area contributed by atoms with Gasteiger partial charge in [-0.05, 0) is 44.5 Å². The number of carbonyl (C=O) groups excluding carboxylic acids is 1. The number of amides is 1. The van der Waals surface area contributed by atoms with Crippen LogP contribution in [0, 0.1) is 0 Å². The predicted molar refractivity (Wildman–Crippen MR) is 78.6 cm³/mol. The van der Waals surface area contributed by atoms with Crippen LogP contribution < -0.4 is 11.1 Å². The quantitative estimate of drug-likeness (QED) is 0.610. The zero-order valence-corrected chi connectivity index (χ0v) is 11.8. The number of benzene rings is 1. The summed E-state index contributed by atoms with van der Waals surface area (Å²) in [6.07, 6.45) is 3.26. The van der Waals surface area contributed by atoms with Crippen LogP contribution in [0.4, 0.5) is 5.69 Å². The van der Waals surface area contributed by atoms with Crippen LogP contribution in [0.1, 0.15) is 26.3 Å². The molecule has 0 bridgehead atoms. The van der Waals surface area contributed by atoms with Crippen LogP contribution in [0.3, 0.4) is 0 Å². The molecule has 4 heteroatoms. The van der Waals surface area contributed by atoms with E-state index in [2.05, 4.69) is 5.32 Å². The van der Waals surface area contributed by atoms with E-state index >= 15 is 0 Å². The van der Waals surface area contributed by atoms with E-state index in [-0.39, 0.29) is 11.5 Å². The summed E-state index contributed by atoms with van der Waals surface area (Å²) in [6, 6.07) is 7.33. The molecule has 0 fully saturated rings. The number of nitrogen functional groups attached to an aromatic ring is 1. The third-order valence-corrected chi connectivity index (χ3v) is 2.59. The maximum absolute atomic E-state index is 11.7. The number of nitrogens with two attached hydrogens (primary N) is 1. The first-order valence-electron chi connectivity index (χ1n) is 6.38. The molecule has 1 amide bonds. The number of ether oxygens (including phenoxy) is 1. The molecule has 0 saturated heterocycles. The Hall–Kier alpha value is -1.81. The number of hydrogen-bond donors (Lipinski definition) is 2. The van der Waals surface area contributed by atoms with E-state index in [1.54, 1.807) is 18.2 Å². The third-order valence-electron chi connectivity index (χ3n) is 2.59. The van der Waals surface area contributed by atoms with Crippen LogP contribution in [0.5, 0.6) is 0 Å². The Morgan fingerprint density at radius 3 is 2.58 bits per heavy atom. The first-order chi connectivity index (χ1) is 8.93. The monoisotopic (exact) mass is 262 g/mol. The molecule has 4 nitrogen and oxygen atoms in total. The first kappa shape index (κ1) is 15.2. The highest BCUT2D eigenvalue weighted by atomic mass is 16.5. The lowest BCUT2D eigenvalue weighted by molar-refractivity contribution is -0.118. The number of carbonyl (C=O) groups is 1. The van der Waals surface area contributed by atoms with E-state index in [0.29, 0.717) is 18.8 Å². The van der Waals surface area contributed by atoms with Crippen molar-refractivity contribution in [3.63, 3.8) is 0 Å². The molecule has 0 atom stereocenters. The van der Waals surface area contributed by atoms with Crippen LogP contribution >= 0.6 is 0 Å². The van der Waals surface area contributed by atoms with Gasteiger partial charge in [-0.2, -0.15) is 0 Å². The van der Waals surface area contributed by atoms with E-state index in [1.165, 1.54) is 6.08 Å². The Bertz CT molecular complexity index is 436. The van der Waals surface area contributed by atoms with Crippen LogP contribution in [-0.2, 0) is 9.53 Å². The van der Waals surface area contributed by atoms with Gasteiger partial charge in [0.15, 0.2) is 0 Å². The van der Waals surface area contributed by atoms with Gasteiger partial charge in [0.05, 0.1) is 5.60 Å². The summed E-state index contributed by atoms with van der Waals surface area (Å²) in [7, 11) is 0. The fraction of sp³-hybridized carbons (Fsp3) is 0.400. The van der Waals surface area contributed by atoms with Crippen molar-refractivity contribution in [2.45, 2.75) is 26.4 Å². The van der Waals surface area contributed by atoms with Crippen molar-refractivity contribution in [1.29, 1.82) is 0 Å². The summed E-state index contributed by atoms with van der Waals surface area (Å²) < 4.78 is 5.50. The van der Waals surface area contributed by atoms with E-state index in [4.69, 9.17) is 10.5 Å².